The average molecular weight is 285 g/mol. The highest BCUT2D eigenvalue weighted by molar-refractivity contribution is 5.92. The van der Waals surface area contributed by atoms with Crippen molar-refractivity contribution in [2.45, 2.75) is 6.54 Å². The molecule has 0 saturated carbocycles. The fourth-order valence-electron chi connectivity index (χ4n) is 2.03. The van der Waals surface area contributed by atoms with E-state index in [0.717, 1.165) is 11.3 Å². The number of nitrogens with zero attached hydrogens (tertiary/aromatic N) is 2. The molecule has 0 saturated heterocycles. The van der Waals surface area contributed by atoms with E-state index in [0.29, 0.717) is 13.1 Å². The largest absolute Gasteiger partial charge is 0.395 e. The lowest BCUT2D eigenvalue weighted by Crippen LogP contribution is -2.34. The summed E-state index contributed by atoms with van der Waals surface area (Å²) < 4.78 is 0. The number of pyridine rings is 1. The molecular formula is C16H19N3O2. The summed E-state index contributed by atoms with van der Waals surface area (Å²) >= 11 is 0. The van der Waals surface area contributed by atoms with Crippen LogP contribution in [0.3, 0.4) is 0 Å². The van der Waals surface area contributed by atoms with Crippen LogP contribution >= 0.6 is 0 Å². The second kappa shape index (κ2) is 8.14. The van der Waals surface area contributed by atoms with E-state index in [9.17, 15) is 4.79 Å². The molecule has 2 rings (SSSR count). The molecule has 21 heavy (non-hydrogen) atoms. The molecule has 0 unspecified atom stereocenters. The lowest BCUT2D eigenvalue weighted by atomic mass is 10.2. The van der Waals surface area contributed by atoms with Crippen molar-refractivity contribution >= 4 is 11.6 Å². The van der Waals surface area contributed by atoms with Crippen LogP contribution in [0.25, 0.3) is 0 Å². The van der Waals surface area contributed by atoms with Gasteiger partial charge in [0.15, 0.2) is 0 Å². The van der Waals surface area contributed by atoms with E-state index in [-0.39, 0.29) is 19.1 Å². The van der Waals surface area contributed by atoms with Gasteiger partial charge in [-0.25, -0.2) is 0 Å². The lowest BCUT2D eigenvalue weighted by Gasteiger charge is -2.20. The van der Waals surface area contributed by atoms with Crippen LogP contribution in [0, 0.1) is 0 Å². The maximum absolute atomic E-state index is 12.0. The van der Waals surface area contributed by atoms with Gasteiger partial charge in [-0.2, -0.15) is 0 Å². The van der Waals surface area contributed by atoms with E-state index in [2.05, 4.69) is 10.3 Å². The first-order valence-corrected chi connectivity index (χ1v) is 6.85. The van der Waals surface area contributed by atoms with Crippen molar-refractivity contribution in [2.24, 2.45) is 0 Å². The number of aliphatic hydroxyl groups excluding tert-OH is 1. The Morgan fingerprint density at radius 2 is 2.00 bits per heavy atom. The molecule has 0 radical (unpaired) electrons. The fourth-order valence-corrected chi connectivity index (χ4v) is 2.03. The summed E-state index contributed by atoms with van der Waals surface area (Å²) in [6.45, 7) is 1.26. The zero-order chi connectivity index (χ0) is 14.9. The van der Waals surface area contributed by atoms with Crippen molar-refractivity contribution in [1.29, 1.82) is 0 Å². The van der Waals surface area contributed by atoms with Gasteiger partial charge >= 0.3 is 0 Å². The summed E-state index contributed by atoms with van der Waals surface area (Å²) in [5.41, 5.74) is 1.78. The number of hydrogen-bond acceptors (Lipinski definition) is 4. The number of carbonyl (C=O) groups is 1. The van der Waals surface area contributed by atoms with E-state index in [1.54, 1.807) is 12.4 Å². The molecule has 5 heteroatoms. The number of nitrogens with one attached hydrogen (secondary N) is 1. The van der Waals surface area contributed by atoms with Crippen LogP contribution in [-0.2, 0) is 11.3 Å². The van der Waals surface area contributed by atoms with Crippen LogP contribution in [0.2, 0.25) is 0 Å². The van der Waals surface area contributed by atoms with Gasteiger partial charge in [-0.15, -0.1) is 0 Å². The predicted molar refractivity (Wildman–Crippen MR) is 81.7 cm³/mol. The van der Waals surface area contributed by atoms with Gasteiger partial charge < -0.3 is 10.4 Å². The Labute approximate surface area is 124 Å². The molecule has 0 aliphatic carbocycles. The number of para-hydroxylation sites is 1. The Bertz CT molecular complexity index is 546. The van der Waals surface area contributed by atoms with Crippen LogP contribution < -0.4 is 5.32 Å². The first kappa shape index (κ1) is 15.2. The van der Waals surface area contributed by atoms with Gasteiger partial charge in [0, 0.05) is 31.2 Å². The van der Waals surface area contributed by atoms with Crippen molar-refractivity contribution in [2.75, 3.05) is 25.0 Å². The van der Waals surface area contributed by atoms with Gasteiger partial charge in [0.25, 0.3) is 0 Å². The molecule has 1 amide bonds. The first-order valence-electron chi connectivity index (χ1n) is 6.85. The Hall–Kier alpha value is -2.24. The minimum Gasteiger partial charge on any atom is -0.395 e. The number of benzene rings is 1. The minimum absolute atomic E-state index is 0.0128. The average Bonchev–Trinajstić information content (AvgIpc) is 2.49. The van der Waals surface area contributed by atoms with E-state index in [4.69, 9.17) is 5.11 Å². The highest BCUT2D eigenvalue weighted by atomic mass is 16.3. The van der Waals surface area contributed by atoms with E-state index in [1.807, 2.05) is 47.4 Å². The topological polar surface area (TPSA) is 65.5 Å². The van der Waals surface area contributed by atoms with Crippen LogP contribution in [-0.4, -0.2) is 40.6 Å². The molecule has 5 nitrogen and oxygen atoms in total. The normalized spacial score (nSPS) is 10.6. The second-order valence-electron chi connectivity index (χ2n) is 4.71. The third kappa shape index (κ3) is 5.33. The summed E-state index contributed by atoms with van der Waals surface area (Å²) in [6.07, 6.45) is 3.47. The van der Waals surface area contributed by atoms with Crippen molar-refractivity contribution in [3.8, 4) is 0 Å². The SMILES string of the molecule is O=C(CN(CCO)Cc1cccnc1)Nc1ccccc1. The van der Waals surface area contributed by atoms with Gasteiger partial charge in [0.1, 0.15) is 0 Å². The Kier molecular flexibility index (Phi) is 5.87. The van der Waals surface area contributed by atoms with Crippen molar-refractivity contribution in [1.82, 2.24) is 9.88 Å². The van der Waals surface area contributed by atoms with Crippen molar-refractivity contribution < 1.29 is 9.90 Å². The molecule has 0 atom stereocenters. The third-order valence-corrected chi connectivity index (χ3v) is 2.97. The molecule has 2 N–H and O–H groups in total. The molecule has 2 aromatic rings. The number of rotatable bonds is 7. The molecule has 0 spiro atoms. The highest BCUT2D eigenvalue weighted by Crippen LogP contribution is 2.06. The van der Waals surface area contributed by atoms with Crippen LogP contribution in [0.5, 0.6) is 0 Å². The monoisotopic (exact) mass is 285 g/mol. The molecular weight excluding hydrogens is 266 g/mol. The van der Waals surface area contributed by atoms with E-state index < -0.39 is 0 Å². The minimum atomic E-state index is -0.0986. The van der Waals surface area contributed by atoms with Crippen LogP contribution in [0.15, 0.2) is 54.9 Å². The number of aromatic nitrogens is 1. The zero-order valence-corrected chi connectivity index (χ0v) is 11.8. The van der Waals surface area contributed by atoms with E-state index in [1.165, 1.54) is 0 Å². The van der Waals surface area contributed by atoms with Crippen molar-refractivity contribution in [3.05, 3.63) is 60.4 Å². The van der Waals surface area contributed by atoms with Crippen LogP contribution in [0.1, 0.15) is 5.56 Å². The molecule has 0 aliphatic heterocycles. The lowest BCUT2D eigenvalue weighted by molar-refractivity contribution is -0.117. The smallest absolute Gasteiger partial charge is 0.238 e. The van der Waals surface area contributed by atoms with Gasteiger partial charge in [0.2, 0.25) is 5.91 Å². The summed E-state index contributed by atoms with van der Waals surface area (Å²) in [4.78, 5) is 18.0. The fraction of sp³-hybridized carbons (Fsp3) is 0.250. The number of carbonyl (C=O) groups excluding carboxylic acids is 1. The zero-order valence-electron chi connectivity index (χ0n) is 11.8. The maximum atomic E-state index is 12.0. The number of aliphatic hydroxyl groups is 1. The molecule has 0 aliphatic rings. The molecule has 1 aromatic heterocycles. The molecule has 1 aromatic carbocycles. The standard InChI is InChI=1S/C16H19N3O2/c20-10-9-19(12-14-5-4-8-17-11-14)13-16(21)18-15-6-2-1-3-7-15/h1-8,11,20H,9-10,12-13H2,(H,18,21). The molecule has 1 heterocycles. The van der Waals surface area contributed by atoms with Gasteiger partial charge in [-0.05, 0) is 23.8 Å². The maximum Gasteiger partial charge on any atom is 0.238 e. The van der Waals surface area contributed by atoms with E-state index >= 15 is 0 Å². The summed E-state index contributed by atoms with van der Waals surface area (Å²) in [5.74, 6) is -0.0986. The molecule has 0 bridgehead atoms. The highest BCUT2D eigenvalue weighted by Gasteiger charge is 2.11. The summed E-state index contributed by atoms with van der Waals surface area (Å²) in [7, 11) is 0. The van der Waals surface area contributed by atoms with Gasteiger partial charge in [0.05, 0.1) is 13.2 Å². The molecule has 0 fully saturated rings. The number of hydrogen-bond donors (Lipinski definition) is 2. The van der Waals surface area contributed by atoms with Gasteiger partial charge in [-0.3, -0.25) is 14.7 Å². The summed E-state index contributed by atoms with van der Waals surface area (Å²) in [5, 5.41) is 12.0. The van der Waals surface area contributed by atoms with Gasteiger partial charge in [-0.1, -0.05) is 24.3 Å². The van der Waals surface area contributed by atoms with Crippen molar-refractivity contribution in [3.63, 3.8) is 0 Å². The van der Waals surface area contributed by atoms with Crippen LogP contribution in [0.4, 0.5) is 5.69 Å². The third-order valence-electron chi connectivity index (χ3n) is 2.97. The first-order chi connectivity index (χ1) is 10.3. The predicted octanol–water partition coefficient (Wildman–Crippen LogP) is 1.51. The summed E-state index contributed by atoms with van der Waals surface area (Å²) in [6, 6.07) is 13.1. The Balaban J connectivity index is 1.91. The Morgan fingerprint density at radius 3 is 2.67 bits per heavy atom. The number of anilines is 1. The molecule has 110 valence electrons. The Morgan fingerprint density at radius 1 is 1.19 bits per heavy atom. The quantitative estimate of drug-likeness (QED) is 0.809. The number of amides is 1. The second-order valence-corrected chi connectivity index (χ2v) is 4.71.